The third kappa shape index (κ3) is 12.6. The molecule has 11 aromatic rings. The number of para-hydroxylation sites is 3. The molecule has 27 heteroatoms. The molecule has 1 saturated heterocycles. The Morgan fingerprint density at radius 1 is 0.529 bits per heavy atom. The lowest BCUT2D eigenvalue weighted by Gasteiger charge is -2.46. The van der Waals surface area contributed by atoms with Gasteiger partial charge in [0.2, 0.25) is 44.7 Å². The first-order chi connectivity index (χ1) is 54.6. The molecule has 528 valence electrons. The number of aldehydes is 2. The van der Waals surface area contributed by atoms with Gasteiger partial charge >= 0.3 is 11.9 Å². The molecule has 104 heavy (non-hydrogen) atoms. The Balaban J connectivity index is 0.000000120. The maximum atomic E-state index is 13.3. The molecule has 8 aliphatic rings. The number of carboxylic acids is 2. The zero-order chi connectivity index (χ0) is 81.7. The molecule has 8 N–H and O–H groups in total. The highest BCUT2D eigenvalue weighted by molar-refractivity contribution is 6.27. The van der Waals surface area contributed by atoms with Gasteiger partial charge in [-0.2, -0.15) is 0 Å². The minimum atomic E-state index is -2.72. The predicted molar refractivity (Wildman–Crippen MR) is 374 cm³/mol. The highest BCUT2D eigenvalue weighted by Gasteiger charge is 2.48. The highest BCUT2D eigenvalue weighted by atomic mass is 35.5. The van der Waals surface area contributed by atoms with E-state index in [0.717, 1.165) is 66.4 Å². The third-order valence-electron chi connectivity index (χ3n) is 18.6. The number of alkyl halides is 1. The van der Waals surface area contributed by atoms with E-state index in [1.165, 1.54) is 46.2 Å². The zero-order valence-electron chi connectivity index (χ0n) is 64.9. The summed E-state index contributed by atoms with van der Waals surface area (Å²) in [6, 6.07) is 41.4. The van der Waals surface area contributed by atoms with Gasteiger partial charge in [0.15, 0.2) is 57.5 Å². The van der Waals surface area contributed by atoms with E-state index in [2.05, 4.69) is 20.3 Å². The number of piperazine rings is 1. The Labute approximate surface area is 611 Å². The van der Waals surface area contributed by atoms with Gasteiger partial charge in [-0.3, -0.25) is 34.1 Å². The van der Waals surface area contributed by atoms with E-state index in [-0.39, 0.29) is 65.0 Å². The molecule has 8 aliphatic heterocycles. The van der Waals surface area contributed by atoms with Crippen LogP contribution in [0.2, 0.25) is 0 Å². The molecule has 0 aliphatic carbocycles. The molecule has 3 amide bonds. The smallest absolute Gasteiger partial charge is 0.326 e. The van der Waals surface area contributed by atoms with Crippen LogP contribution in [0.15, 0.2) is 164 Å². The Hall–Kier alpha value is -12.7. The van der Waals surface area contributed by atoms with E-state index in [1.807, 2.05) is 72.8 Å². The first kappa shape index (κ1) is 55.1. The Kier molecular flexibility index (Phi) is 14.8. The number of carbonyl (C=O) groups is 7. The summed E-state index contributed by atoms with van der Waals surface area (Å²) in [4.78, 5) is 97.3. The van der Waals surface area contributed by atoms with Crippen molar-refractivity contribution >= 4 is 86.5 Å². The molecule has 3 aromatic heterocycles. The molecule has 26 nitrogen and oxygen atoms in total. The van der Waals surface area contributed by atoms with Crippen LogP contribution < -0.4 is 43.2 Å². The number of aromatic hydroxyl groups is 2. The maximum absolute atomic E-state index is 13.3. The minimum absolute atomic E-state index is 0.140. The van der Waals surface area contributed by atoms with Gasteiger partial charge in [0.05, 0.1) is 24.7 Å². The van der Waals surface area contributed by atoms with Gasteiger partial charge < -0.3 is 88.0 Å². The molecular weight excluding hydrogens is 1360 g/mol. The third-order valence-corrected chi connectivity index (χ3v) is 18.8. The first-order valence-corrected chi connectivity index (χ1v) is 32.6. The Morgan fingerprint density at radius 2 is 0.981 bits per heavy atom. The van der Waals surface area contributed by atoms with E-state index < -0.39 is 100 Å². The van der Waals surface area contributed by atoms with Crippen LogP contribution in [0.4, 0.5) is 0 Å². The average Bonchev–Trinajstić information content (AvgIpc) is 1.69. The van der Waals surface area contributed by atoms with Gasteiger partial charge in [-0.25, -0.2) is 4.79 Å². The number of aliphatic carboxylic acids is 2. The van der Waals surface area contributed by atoms with Crippen LogP contribution >= 0.6 is 11.6 Å². The van der Waals surface area contributed by atoms with E-state index in [0.29, 0.717) is 69.1 Å². The summed E-state index contributed by atoms with van der Waals surface area (Å²) < 4.78 is 124. The number of carbonyl (C=O) groups excluding carboxylic acids is 5. The zero-order valence-corrected chi connectivity index (χ0v) is 54.6. The lowest BCUT2D eigenvalue weighted by molar-refractivity contribution is -0.157. The largest absolute Gasteiger partial charge is 0.504 e. The number of nitrogens with zero attached hydrogens (tertiary/aromatic N) is 3. The van der Waals surface area contributed by atoms with Crippen molar-refractivity contribution in [3.8, 4) is 57.5 Å². The average molecular weight is 1440 g/mol. The summed E-state index contributed by atoms with van der Waals surface area (Å²) in [5.74, 6) is -2.51. The second-order valence-electron chi connectivity index (χ2n) is 24.6. The van der Waals surface area contributed by atoms with Crippen LogP contribution in [0.1, 0.15) is 104 Å². The summed E-state index contributed by atoms with van der Waals surface area (Å²) in [6.07, 6.45) is 1.97. The fourth-order valence-electron chi connectivity index (χ4n) is 13.9. The number of nitrogens with one attached hydrogen (secondary N) is 4. The monoisotopic (exact) mass is 1440 g/mol. The van der Waals surface area contributed by atoms with Crippen LogP contribution in [0, 0.1) is 0 Å². The maximum Gasteiger partial charge on any atom is 0.326 e. The predicted octanol–water partition coefficient (Wildman–Crippen LogP) is 10.00. The second-order valence-corrected chi connectivity index (χ2v) is 24.9. The number of likely N-dealkylation sites (N-methyl/N-ethyl adjacent to an activating group) is 1. The molecule has 3 unspecified atom stereocenters. The molecule has 11 heterocycles. The number of fused-ring (bicyclic) bond motifs is 14. The van der Waals surface area contributed by atoms with E-state index in [1.54, 1.807) is 54.6 Å². The van der Waals surface area contributed by atoms with Crippen molar-refractivity contribution in [1.82, 2.24) is 35.0 Å². The number of aromatic nitrogens is 3. The molecule has 0 spiro atoms. The summed E-state index contributed by atoms with van der Waals surface area (Å²) in [7, 11) is 0. The summed E-state index contributed by atoms with van der Waals surface area (Å²) >= 11 is 5.86. The Morgan fingerprint density at radius 3 is 1.50 bits per heavy atom. The number of rotatable bonds is 8. The number of halogens is 1. The molecule has 1 fully saturated rings. The van der Waals surface area contributed by atoms with Gasteiger partial charge in [-0.05, 0) is 124 Å². The SMILES string of the molecule is O=Cc1ccc(O)c(O)c1.[2H]C1([2H])Oc2ccc(C3N[C@@H](C(=O)O)Cc4c3[nH]c3ccccc43)cc2O1.[2H]C1([2H])Oc2ccc(C3c4[nH]c5ccccc5c4C[C@@H]4C(=O)N(C([2H])([2H])[2H])CC(=O)N34)cc2O1.[2H]C1([2H])Oc2ccc(C3c4[nH]c5ccccc5c4C[C@H](C(=O)O)N3C(=O)CCl)cc2O1.[2H]C1([2H])Oc2ccc(C=O)cc2O1. The lowest BCUT2D eigenvalue weighted by atomic mass is 9.86. The standard InChI is InChI=1S/C22H19N3O4.C21H17ClN2O5.C19H16N2O4.C8H6O3.C7H6O3/c1-24-10-19(26)25-16(22(24)27)9-14-13-4-2-3-5-15(13)23-20(14)21(25)12-6-7-17-18(8-12)29-11-28-17;22-9-18(25)24-15(21(26)27)8-13-12-3-1-2-4-14(12)23-19(13)20(24)11-5-6-16-17(7-11)29-10-28-16;22-19(23)14-8-12-11-3-1-2-4-13(11)20-18(12)17(21-14)10-5-6-15-16(7-10)25-9-24-15;9-4-6-1-2-7-8(3-6)11-5-10-7;8-4-5-1-2-6(9)7(10)3-5/h2-8,16,21,23H,9-11H2,1H3;1-7,15,20,23H,8-10H2,(H,26,27);1-7,14,17,20-21H,8-9H2,(H,22,23);1-4H,5H2;1-4,9-10H/t16-,21?;15-,20?;14-,17?;;/m111../s1/i1D3,11D2;10D2;9D2;5D2;. The number of hydrogen-bond donors (Lipinski definition) is 8. The fraction of sp³-hybridized carbons (Fsp3) is 0.208. The highest BCUT2D eigenvalue weighted by Crippen LogP contribution is 2.48. The Bertz CT molecular complexity index is 5800. The van der Waals surface area contributed by atoms with E-state index in [4.69, 9.17) is 74.8 Å². The number of benzene rings is 8. The summed E-state index contributed by atoms with van der Waals surface area (Å²) in [5.41, 5.74) is 10.3. The number of hydrogen-bond acceptors (Lipinski definition) is 18. The van der Waals surface area contributed by atoms with Crippen molar-refractivity contribution in [2.75, 3.05) is 46.4 Å². The lowest BCUT2D eigenvalue weighted by Crippen LogP contribution is -2.62. The number of carboxylic acid groups (broad SMARTS) is 2. The number of amides is 3. The van der Waals surface area contributed by atoms with E-state index >= 15 is 0 Å². The number of phenols is 2. The van der Waals surface area contributed by atoms with Gasteiger partial charge in [0.25, 0.3) is 0 Å². The van der Waals surface area contributed by atoms with Gasteiger partial charge in [0.1, 0.15) is 47.5 Å². The summed E-state index contributed by atoms with van der Waals surface area (Å²) in [5, 5.41) is 43.1. The van der Waals surface area contributed by atoms with Crippen molar-refractivity contribution in [3.63, 3.8) is 0 Å². The summed E-state index contributed by atoms with van der Waals surface area (Å²) in [6.45, 7) is -12.2. The fourth-order valence-corrected chi connectivity index (χ4v) is 14.0. The molecule has 0 saturated carbocycles. The number of ether oxygens (including phenoxy) is 8. The van der Waals surface area contributed by atoms with Crippen molar-refractivity contribution in [2.45, 2.75) is 55.5 Å². The number of phenolic OH excluding ortho intramolecular Hbond substituents is 2. The van der Waals surface area contributed by atoms with Gasteiger partial charge in [-0.1, -0.05) is 72.8 Å². The van der Waals surface area contributed by atoms with Crippen LogP contribution in [0.25, 0.3) is 32.7 Å². The van der Waals surface area contributed by atoms with Gasteiger partial charge in [-0.15, -0.1) is 11.6 Å². The van der Waals surface area contributed by atoms with Gasteiger partial charge in [0, 0.05) is 91.3 Å². The van der Waals surface area contributed by atoms with Crippen molar-refractivity contribution in [2.24, 2.45) is 0 Å². The number of H-pyrrole nitrogens is 3. The molecule has 6 atom stereocenters. The quantitative estimate of drug-likeness (QED) is 0.0398. The molecule has 0 bridgehead atoms. The van der Waals surface area contributed by atoms with Crippen molar-refractivity contribution < 1.29 is 107 Å². The van der Waals surface area contributed by atoms with Crippen molar-refractivity contribution in [1.29, 1.82) is 0 Å². The van der Waals surface area contributed by atoms with Crippen molar-refractivity contribution in [3.05, 3.63) is 225 Å². The molecular formula is C77H64ClN7O19. The second kappa shape index (κ2) is 28.0. The topological polar surface area (TPSA) is 343 Å². The van der Waals surface area contributed by atoms with Crippen LogP contribution in [0.3, 0.4) is 0 Å². The minimum Gasteiger partial charge on any atom is -0.504 e. The van der Waals surface area contributed by atoms with E-state index in [9.17, 15) is 43.8 Å². The molecule has 19 rings (SSSR count). The first-order valence-electron chi connectivity index (χ1n) is 37.6. The van der Waals surface area contributed by atoms with Crippen LogP contribution in [-0.2, 0) is 43.2 Å². The normalized spacial score (nSPS) is 22.9. The van der Waals surface area contributed by atoms with Crippen LogP contribution in [0.5, 0.6) is 57.5 Å². The molecule has 8 aromatic carbocycles. The number of aromatic amines is 3. The molecule has 0 radical (unpaired) electrons. The van der Waals surface area contributed by atoms with Crippen LogP contribution in [-0.4, -0.2) is 157 Å².